The van der Waals surface area contributed by atoms with Crippen molar-refractivity contribution in [2.75, 3.05) is 19.6 Å². The van der Waals surface area contributed by atoms with Crippen molar-refractivity contribution in [3.05, 3.63) is 34.3 Å². The summed E-state index contributed by atoms with van der Waals surface area (Å²) in [6.45, 7) is 1.86. The Balaban J connectivity index is 2.03. The van der Waals surface area contributed by atoms with Crippen LogP contribution in [-0.2, 0) is 4.74 Å². The fourth-order valence-electron chi connectivity index (χ4n) is 1.85. The van der Waals surface area contributed by atoms with Crippen LogP contribution < -0.4 is 5.73 Å². The number of rotatable bonds is 4. The number of cyclic esters (lactones) is 1. The zero-order chi connectivity index (χ0) is 12.3. The van der Waals surface area contributed by atoms with Gasteiger partial charge in [-0.05, 0) is 30.7 Å². The third-order valence-electron chi connectivity index (χ3n) is 2.74. The second-order valence-electron chi connectivity index (χ2n) is 4.02. The van der Waals surface area contributed by atoms with Crippen LogP contribution >= 0.6 is 15.9 Å². The van der Waals surface area contributed by atoms with Crippen LogP contribution in [0.25, 0.3) is 0 Å². The molecule has 1 aliphatic rings. The molecule has 1 heterocycles. The van der Waals surface area contributed by atoms with Gasteiger partial charge in [0.15, 0.2) is 0 Å². The van der Waals surface area contributed by atoms with Crippen LogP contribution in [0.5, 0.6) is 0 Å². The second-order valence-corrected chi connectivity index (χ2v) is 4.93. The molecular formula is C12H15BrN2O2. The first-order valence-corrected chi connectivity index (χ1v) is 6.41. The molecule has 5 heteroatoms. The summed E-state index contributed by atoms with van der Waals surface area (Å²) in [5.74, 6) is 0. The van der Waals surface area contributed by atoms with Gasteiger partial charge in [-0.15, -0.1) is 0 Å². The van der Waals surface area contributed by atoms with E-state index in [1.165, 1.54) is 0 Å². The lowest BCUT2D eigenvalue weighted by molar-refractivity contribution is 0.132. The van der Waals surface area contributed by atoms with Gasteiger partial charge < -0.3 is 15.4 Å². The highest BCUT2D eigenvalue weighted by Crippen LogP contribution is 2.27. The zero-order valence-corrected chi connectivity index (χ0v) is 11.0. The predicted octanol–water partition coefficient (Wildman–Crippen LogP) is 2.29. The van der Waals surface area contributed by atoms with E-state index in [9.17, 15) is 4.79 Å². The van der Waals surface area contributed by atoms with Crippen LogP contribution in [0.3, 0.4) is 0 Å². The summed E-state index contributed by atoms with van der Waals surface area (Å²) in [5.41, 5.74) is 6.45. The summed E-state index contributed by atoms with van der Waals surface area (Å²) >= 11 is 3.41. The third kappa shape index (κ3) is 2.98. The number of amides is 1. The van der Waals surface area contributed by atoms with E-state index in [1.807, 2.05) is 24.3 Å². The van der Waals surface area contributed by atoms with Gasteiger partial charge in [0.25, 0.3) is 0 Å². The average molecular weight is 299 g/mol. The highest BCUT2D eigenvalue weighted by Gasteiger charge is 2.31. The van der Waals surface area contributed by atoms with Crippen molar-refractivity contribution in [1.82, 2.24) is 4.90 Å². The Hall–Kier alpha value is -1.07. The van der Waals surface area contributed by atoms with Gasteiger partial charge >= 0.3 is 6.09 Å². The van der Waals surface area contributed by atoms with E-state index in [2.05, 4.69) is 15.9 Å². The van der Waals surface area contributed by atoms with Gasteiger partial charge in [0.05, 0.1) is 6.54 Å². The van der Waals surface area contributed by atoms with Crippen molar-refractivity contribution in [3.63, 3.8) is 0 Å². The molecule has 2 rings (SSSR count). The molecule has 1 amide bonds. The van der Waals surface area contributed by atoms with Crippen LogP contribution in [-0.4, -0.2) is 30.6 Å². The molecule has 1 saturated heterocycles. The molecular weight excluding hydrogens is 284 g/mol. The molecule has 1 atom stereocenters. The minimum atomic E-state index is -0.247. The smallest absolute Gasteiger partial charge is 0.410 e. The lowest BCUT2D eigenvalue weighted by Gasteiger charge is -2.11. The number of halogens is 1. The molecule has 0 spiro atoms. The van der Waals surface area contributed by atoms with Gasteiger partial charge in [0.1, 0.15) is 6.10 Å². The van der Waals surface area contributed by atoms with Crippen molar-refractivity contribution in [3.8, 4) is 0 Å². The number of hydrogen-bond donors (Lipinski definition) is 1. The molecule has 1 fully saturated rings. The zero-order valence-electron chi connectivity index (χ0n) is 9.43. The van der Waals surface area contributed by atoms with E-state index >= 15 is 0 Å². The monoisotopic (exact) mass is 298 g/mol. The molecule has 92 valence electrons. The predicted molar refractivity (Wildman–Crippen MR) is 68.6 cm³/mol. The number of carbonyl (C=O) groups is 1. The Kier molecular flexibility index (Phi) is 4.02. The van der Waals surface area contributed by atoms with E-state index in [4.69, 9.17) is 10.5 Å². The highest BCUT2D eigenvalue weighted by molar-refractivity contribution is 9.10. The van der Waals surface area contributed by atoms with E-state index in [0.717, 1.165) is 16.5 Å². The SMILES string of the molecule is NCCCN1CC(c2cccc(Br)c2)OC1=O. The fourth-order valence-corrected chi connectivity index (χ4v) is 2.27. The Labute approximate surface area is 109 Å². The number of carbonyl (C=O) groups excluding carboxylic acids is 1. The van der Waals surface area contributed by atoms with Crippen molar-refractivity contribution >= 4 is 22.0 Å². The number of hydrogen-bond acceptors (Lipinski definition) is 3. The maximum absolute atomic E-state index is 11.6. The molecule has 4 nitrogen and oxygen atoms in total. The molecule has 0 aromatic heterocycles. The number of ether oxygens (including phenoxy) is 1. The largest absolute Gasteiger partial charge is 0.439 e. The number of nitrogens with two attached hydrogens (primary N) is 1. The van der Waals surface area contributed by atoms with Gasteiger partial charge in [0, 0.05) is 11.0 Å². The van der Waals surface area contributed by atoms with Crippen LogP contribution in [0.1, 0.15) is 18.1 Å². The van der Waals surface area contributed by atoms with Crippen LogP contribution in [0.2, 0.25) is 0 Å². The molecule has 1 aromatic rings. The summed E-state index contributed by atoms with van der Waals surface area (Å²) < 4.78 is 6.33. The lowest BCUT2D eigenvalue weighted by atomic mass is 10.1. The van der Waals surface area contributed by atoms with Gasteiger partial charge in [-0.2, -0.15) is 0 Å². The third-order valence-corrected chi connectivity index (χ3v) is 3.23. The van der Waals surface area contributed by atoms with E-state index in [0.29, 0.717) is 19.6 Å². The normalized spacial score (nSPS) is 19.5. The van der Waals surface area contributed by atoms with Crippen LogP contribution in [0.15, 0.2) is 28.7 Å². The van der Waals surface area contributed by atoms with Gasteiger partial charge in [-0.3, -0.25) is 0 Å². The molecule has 0 saturated carbocycles. The summed E-state index contributed by atoms with van der Waals surface area (Å²) in [5, 5.41) is 0. The first-order valence-electron chi connectivity index (χ1n) is 5.62. The minimum absolute atomic E-state index is 0.169. The van der Waals surface area contributed by atoms with Crippen LogP contribution in [0, 0.1) is 0 Å². The average Bonchev–Trinajstić information content (AvgIpc) is 2.68. The molecule has 1 aliphatic heterocycles. The second kappa shape index (κ2) is 5.51. The molecule has 17 heavy (non-hydrogen) atoms. The standard InChI is InChI=1S/C12H15BrN2O2/c13-10-4-1-3-9(7-10)11-8-15(6-2-5-14)12(16)17-11/h1,3-4,7,11H,2,5-6,8,14H2. The number of benzene rings is 1. The Bertz CT molecular complexity index is 411. The van der Waals surface area contributed by atoms with Crippen molar-refractivity contribution in [2.45, 2.75) is 12.5 Å². The van der Waals surface area contributed by atoms with E-state index in [1.54, 1.807) is 4.90 Å². The summed E-state index contributed by atoms with van der Waals surface area (Å²) in [6.07, 6.45) is 0.390. The molecule has 0 bridgehead atoms. The Morgan fingerprint density at radius 3 is 3.06 bits per heavy atom. The first kappa shape index (κ1) is 12.4. The molecule has 1 aromatic carbocycles. The molecule has 2 N–H and O–H groups in total. The summed E-state index contributed by atoms with van der Waals surface area (Å²) in [7, 11) is 0. The first-order chi connectivity index (χ1) is 8.20. The lowest BCUT2D eigenvalue weighted by Crippen LogP contribution is -2.27. The fraction of sp³-hybridized carbons (Fsp3) is 0.417. The topological polar surface area (TPSA) is 55.6 Å². The van der Waals surface area contributed by atoms with Crippen molar-refractivity contribution in [2.24, 2.45) is 5.73 Å². The highest BCUT2D eigenvalue weighted by atomic mass is 79.9. The number of nitrogens with zero attached hydrogens (tertiary/aromatic N) is 1. The van der Waals surface area contributed by atoms with Crippen LogP contribution in [0.4, 0.5) is 4.79 Å². The van der Waals surface area contributed by atoms with Gasteiger partial charge in [-0.1, -0.05) is 28.1 Å². The van der Waals surface area contributed by atoms with Gasteiger partial charge in [0.2, 0.25) is 0 Å². The molecule has 0 radical (unpaired) electrons. The molecule has 1 unspecified atom stereocenters. The summed E-state index contributed by atoms with van der Waals surface area (Å²) in [6, 6.07) is 7.84. The van der Waals surface area contributed by atoms with Crippen molar-refractivity contribution < 1.29 is 9.53 Å². The maximum atomic E-state index is 11.6. The van der Waals surface area contributed by atoms with Gasteiger partial charge in [-0.25, -0.2) is 4.79 Å². The summed E-state index contributed by atoms with van der Waals surface area (Å²) in [4.78, 5) is 13.3. The Morgan fingerprint density at radius 2 is 2.35 bits per heavy atom. The van der Waals surface area contributed by atoms with E-state index in [-0.39, 0.29) is 12.2 Å². The van der Waals surface area contributed by atoms with Crippen molar-refractivity contribution in [1.29, 1.82) is 0 Å². The molecule has 0 aliphatic carbocycles. The quantitative estimate of drug-likeness (QED) is 0.928. The minimum Gasteiger partial charge on any atom is -0.439 e. The maximum Gasteiger partial charge on any atom is 0.410 e. The Morgan fingerprint density at radius 1 is 1.53 bits per heavy atom. The van der Waals surface area contributed by atoms with E-state index < -0.39 is 0 Å².